The minimum atomic E-state index is 0.0696. The molecule has 0 spiro atoms. The fraction of sp³-hybridized carbons (Fsp3) is 0.357. The Morgan fingerprint density at radius 2 is 1.58 bits per heavy atom. The van der Waals surface area contributed by atoms with Crippen molar-refractivity contribution in [2.45, 2.75) is 37.8 Å². The predicted molar refractivity (Wildman–Crippen MR) is 130 cm³/mol. The van der Waals surface area contributed by atoms with Crippen LogP contribution in [0.2, 0.25) is 0 Å². The van der Waals surface area contributed by atoms with Gasteiger partial charge in [-0.25, -0.2) is 0 Å². The van der Waals surface area contributed by atoms with Gasteiger partial charge in [0.15, 0.2) is 0 Å². The average molecular weight is 442 g/mol. The molecule has 1 amide bonds. The Balaban J connectivity index is 1.38. The van der Waals surface area contributed by atoms with Gasteiger partial charge in [0.25, 0.3) is 5.91 Å². The SMILES string of the molecule is Cc1ccc(-c2ccc([C@@H]3[C@H]4CN(C(=O)c5ccncc5)CCCCN4[C@H]3CO)cc2)cc1. The normalized spacial score (nSPS) is 23.2. The molecule has 5 heteroatoms. The van der Waals surface area contributed by atoms with E-state index in [1.54, 1.807) is 24.5 Å². The van der Waals surface area contributed by atoms with Crippen LogP contribution in [-0.2, 0) is 0 Å². The molecule has 2 aliphatic rings. The van der Waals surface area contributed by atoms with Crippen molar-refractivity contribution in [1.82, 2.24) is 14.8 Å². The molecular weight excluding hydrogens is 410 g/mol. The van der Waals surface area contributed by atoms with Crippen molar-refractivity contribution in [3.05, 3.63) is 89.7 Å². The van der Waals surface area contributed by atoms with E-state index in [1.807, 2.05) is 4.90 Å². The first-order valence-electron chi connectivity index (χ1n) is 11.9. The number of amides is 1. The molecule has 3 aromatic rings. The van der Waals surface area contributed by atoms with Crippen LogP contribution in [0.3, 0.4) is 0 Å². The molecule has 2 aliphatic heterocycles. The summed E-state index contributed by atoms with van der Waals surface area (Å²) in [7, 11) is 0. The van der Waals surface area contributed by atoms with Gasteiger partial charge < -0.3 is 10.0 Å². The van der Waals surface area contributed by atoms with Crippen LogP contribution in [0.1, 0.15) is 40.2 Å². The topological polar surface area (TPSA) is 56.7 Å². The van der Waals surface area contributed by atoms with Gasteiger partial charge in [-0.05, 0) is 55.1 Å². The Morgan fingerprint density at radius 3 is 2.24 bits per heavy atom. The minimum absolute atomic E-state index is 0.0696. The van der Waals surface area contributed by atoms with Gasteiger partial charge in [-0.3, -0.25) is 14.7 Å². The summed E-state index contributed by atoms with van der Waals surface area (Å²) >= 11 is 0. The Hall–Kier alpha value is -3.02. The second kappa shape index (κ2) is 9.46. The molecular formula is C28H31N3O2. The first-order chi connectivity index (χ1) is 16.2. The van der Waals surface area contributed by atoms with E-state index in [1.165, 1.54) is 22.3 Å². The summed E-state index contributed by atoms with van der Waals surface area (Å²) in [5.74, 6) is 0.285. The predicted octanol–water partition coefficient (Wildman–Crippen LogP) is 4.12. The van der Waals surface area contributed by atoms with E-state index < -0.39 is 0 Å². The van der Waals surface area contributed by atoms with Crippen LogP contribution in [0.15, 0.2) is 73.1 Å². The summed E-state index contributed by atoms with van der Waals surface area (Å²) in [4.78, 5) is 21.6. The van der Waals surface area contributed by atoms with Crippen molar-refractivity contribution in [1.29, 1.82) is 0 Å². The molecule has 33 heavy (non-hydrogen) atoms. The molecule has 1 N–H and O–H groups in total. The number of nitrogens with zero attached hydrogens (tertiary/aromatic N) is 3. The van der Waals surface area contributed by atoms with E-state index in [9.17, 15) is 9.90 Å². The van der Waals surface area contributed by atoms with E-state index in [-0.39, 0.29) is 30.5 Å². The van der Waals surface area contributed by atoms with Gasteiger partial charge in [0.2, 0.25) is 0 Å². The Morgan fingerprint density at radius 1 is 0.939 bits per heavy atom. The largest absolute Gasteiger partial charge is 0.395 e. The number of pyridine rings is 1. The lowest BCUT2D eigenvalue weighted by atomic mass is 9.74. The van der Waals surface area contributed by atoms with Crippen molar-refractivity contribution < 1.29 is 9.90 Å². The lowest BCUT2D eigenvalue weighted by Crippen LogP contribution is -2.67. The van der Waals surface area contributed by atoms with E-state index in [2.05, 4.69) is 65.3 Å². The molecule has 3 heterocycles. The maximum absolute atomic E-state index is 13.2. The van der Waals surface area contributed by atoms with Gasteiger partial charge in [0.05, 0.1) is 6.61 Å². The monoisotopic (exact) mass is 441 g/mol. The third-order valence-electron chi connectivity index (χ3n) is 7.26. The zero-order valence-corrected chi connectivity index (χ0v) is 19.1. The highest BCUT2D eigenvalue weighted by molar-refractivity contribution is 5.94. The molecule has 2 fully saturated rings. The number of aliphatic hydroxyl groups excluding tert-OH is 1. The molecule has 2 saturated heterocycles. The number of benzene rings is 2. The zero-order valence-electron chi connectivity index (χ0n) is 19.1. The molecule has 1 aromatic heterocycles. The van der Waals surface area contributed by atoms with Gasteiger partial charge in [-0.1, -0.05) is 54.1 Å². The summed E-state index contributed by atoms with van der Waals surface area (Å²) in [6.45, 7) is 4.67. The Bertz CT molecular complexity index is 1080. The summed E-state index contributed by atoms with van der Waals surface area (Å²) < 4.78 is 0. The van der Waals surface area contributed by atoms with Crippen LogP contribution in [0.4, 0.5) is 0 Å². The maximum Gasteiger partial charge on any atom is 0.254 e. The first-order valence-corrected chi connectivity index (χ1v) is 11.9. The highest BCUT2D eigenvalue weighted by Gasteiger charge is 2.49. The number of carbonyl (C=O) groups excluding carboxylic acids is 1. The quantitative estimate of drug-likeness (QED) is 0.662. The van der Waals surface area contributed by atoms with Crippen LogP contribution >= 0.6 is 0 Å². The van der Waals surface area contributed by atoms with E-state index >= 15 is 0 Å². The molecule has 0 saturated carbocycles. The lowest BCUT2D eigenvalue weighted by molar-refractivity contribution is -0.0606. The number of fused-ring (bicyclic) bond motifs is 1. The highest BCUT2D eigenvalue weighted by atomic mass is 16.3. The maximum atomic E-state index is 13.2. The molecule has 0 bridgehead atoms. The van der Waals surface area contributed by atoms with Gasteiger partial charge >= 0.3 is 0 Å². The van der Waals surface area contributed by atoms with Gasteiger partial charge in [-0.15, -0.1) is 0 Å². The molecule has 0 radical (unpaired) electrons. The fourth-order valence-corrected chi connectivity index (χ4v) is 5.45. The number of hydrogen-bond donors (Lipinski definition) is 1. The number of hydrogen-bond acceptors (Lipinski definition) is 4. The summed E-state index contributed by atoms with van der Waals surface area (Å²) in [5, 5.41) is 10.2. The van der Waals surface area contributed by atoms with E-state index in [0.29, 0.717) is 12.1 Å². The van der Waals surface area contributed by atoms with Crippen LogP contribution in [0.25, 0.3) is 11.1 Å². The molecule has 2 aromatic carbocycles. The van der Waals surface area contributed by atoms with Crippen LogP contribution in [0.5, 0.6) is 0 Å². The number of carbonyl (C=O) groups is 1. The van der Waals surface area contributed by atoms with Crippen molar-refractivity contribution in [2.75, 3.05) is 26.2 Å². The lowest BCUT2D eigenvalue weighted by Gasteiger charge is -2.57. The average Bonchev–Trinajstić information content (AvgIpc) is 2.84. The number of rotatable bonds is 4. The number of aromatic nitrogens is 1. The van der Waals surface area contributed by atoms with E-state index in [4.69, 9.17) is 0 Å². The molecule has 0 unspecified atom stereocenters. The Labute approximate surface area is 195 Å². The van der Waals surface area contributed by atoms with Crippen LogP contribution < -0.4 is 0 Å². The second-order valence-corrected chi connectivity index (χ2v) is 9.26. The van der Waals surface area contributed by atoms with Crippen molar-refractivity contribution in [3.8, 4) is 11.1 Å². The van der Waals surface area contributed by atoms with E-state index in [0.717, 1.165) is 25.9 Å². The van der Waals surface area contributed by atoms with Crippen LogP contribution in [0, 0.1) is 6.92 Å². The Kier molecular flexibility index (Phi) is 6.25. The van der Waals surface area contributed by atoms with Gasteiger partial charge in [0, 0.05) is 49.0 Å². The third kappa shape index (κ3) is 4.31. The summed E-state index contributed by atoms with van der Waals surface area (Å²) in [5.41, 5.74) is 5.59. The molecule has 5 rings (SSSR count). The fourth-order valence-electron chi connectivity index (χ4n) is 5.45. The van der Waals surface area contributed by atoms with Gasteiger partial charge in [0.1, 0.15) is 0 Å². The second-order valence-electron chi connectivity index (χ2n) is 9.26. The van der Waals surface area contributed by atoms with Crippen molar-refractivity contribution >= 4 is 5.91 Å². The third-order valence-corrected chi connectivity index (χ3v) is 7.26. The summed E-state index contributed by atoms with van der Waals surface area (Å²) in [6, 6.07) is 21.3. The standard InChI is InChI=1S/C28H31N3O2/c1-20-4-6-21(7-5-20)22-8-10-23(11-9-22)27-25-18-30(28(33)24-12-14-29-15-13-24)16-2-3-17-31(25)26(27)19-32/h4-15,25-27,32H,2-3,16-19H2,1H3/t25-,26+,27-/m1/s1. The number of aliphatic hydroxyl groups is 1. The molecule has 0 aliphatic carbocycles. The van der Waals surface area contributed by atoms with Crippen molar-refractivity contribution in [2.24, 2.45) is 0 Å². The zero-order chi connectivity index (χ0) is 22.8. The molecule has 170 valence electrons. The first kappa shape index (κ1) is 21.8. The smallest absolute Gasteiger partial charge is 0.254 e. The molecule has 3 atom stereocenters. The molecule has 5 nitrogen and oxygen atoms in total. The van der Waals surface area contributed by atoms with Gasteiger partial charge in [-0.2, -0.15) is 0 Å². The van der Waals surface area contributed by atoms with Crippen LogP contribution in [-0.4, -0.2) is 64.1 Å². The number of aryl methyl sites for hydroxylation is 1. The van der Waals surface area contributed by atoms with Crippen molar-refractivity contribution in [3.63, 3.8) is 0 Å². The minimum Gasteiger partial charge on any atom is -0.395 e. The summed E-state index contributed by atoms with van der Waals surface area (Å²) in [6.07, 6.45) is 5.36. The highest BCUT2D eigenvalue weighted by Crippen LogP contribution is 2.42.